The van der Waals surface area contributed by atoms with E-state index in [9.17, 15) is 29.5 Å². The van der Waals surface area contributed by atoms with E-state index in [-0.39, 0.29) is 35.6 Å². The highest BCUT2D eigenvalue weighted by atomic mass is 35.5. The highest BCUT2D eigenvalue weighted by Gasteiger charge is 2.54. The molecule has 0 saturated heterocycles. The lowest BCUT2D eigenvalue weighted by molar-refractivity contribution is -0.132. The van der Waals surface area contributed by atoms with Gasteiger partial charge in [0.2, 0.25) is 0 Å². The zero-order valence-corrected chi connectivity index (χ0v) is 69.0. The molecule has 9 aromatic carbocycles. The molecule has 18 nitrogen and oxygen atoms in total. The molecule has 0 aliphatic carbocycles. The van der Waals surface area contributed by atoms with Crippen molar-refractivity contribution in [3.8, 4) is 11.8 Å². The second kappa shape index (κ2) is 41.0. The van der Waals surface area contributed by atoms with Crippen molar-refractivity contribution in [1.29, 1.82) is 5.26 Å². The van der Waals surface area contributed by atoms with Crippen LogP contribution in [0.4, 0.5) is 22.7 Å². The van der Waals surface area contributed by atoms with E-state index >= 15 is 0 Å². The number of unbranched alkanes of at least 4 members (excludes halogenated alkanes) is 1. The summed E-state index contributed by atoms with van der Waals surface area (Å²) in [6.45, 7) is 21.0. The minimum absolute atomic E-state index is 0. The number of ether oxygens (including phenoxy) is 6. The third kappa shape index (κ3) is 19.5. The van der Waals surface area contributed by atoms with Gasteiger partial charge in [-0.1, -0.05) is 177 Å². The fraction of sp³-hybridized carbons (Fsp3) is 0.372. The van der Waals surface area contributed by atoms with E-state index in [4.69, 9.17) is 40.0 Å². The molecule has 0 fully saturated rings. The Kier molecular flexibility index (Phi) is 31.8. The van der Waals surface area contributed by atoms with Crippen molar-refractivity contribution in [3.05, 3.63) is 284 Å². The normalized spacial score (nSPS) is 18.2. The van der Waals surface area contributed by atoms with Crippen LogP contribution in [0, 0.1) is 45.9 Å². The molecule has 0 bridgehead atoms. The van der Waals surface area contributed by atoms with Crippen LogP contribution < -0.4 is 25.3 Å². The summed E-state index contributed by atoms with van der Waals surface area (Å²) >= 11 is 8.86. The third-order valence-electron chi connectivity index (χ3n) is 20.7. The quantitative estimate of drug-likeness (QED) is 0.0378. The standard InChI is InChI=1S/C20H20N2O2.C19H20ClNO2.C19H21NO3.C18H20N2O2.C17H27NO2S.CH4/c1-15-9-10-17-18(13-15)22(11-6-12-24-2)19(23)20(17,14-21)16-7-4-3-5-8-16;1-14-9-10-16-17(13-14)21(11-6-12-23-2)18(22)19(16,20)15-7-4-3-5-8-15;1-14-9-10-16-17(13-14)20(11-6-12-23-2)18(21)19(16,22)15-7-4-3-5-8-15;1-14-9-10-16-17(13-14)19(11-6-12-22-2)18(21)20(16)15-7-4-3-5-8-15;1-14-7-8-16-15(11-14)18(9-5-6-10-19-3)12-17(2,21-16)13-20-4;/h3-5,7-10,13H,6,11-12H2,1-2H3;3-5,7-10,13H,6,11-12H2,1-2H3;3-5,7-10,13,22H,6,11-12H2,1-2H3;3-5,7-10,13H,6,11-12H2,1-2H3;7-8,11H,5-6,9-10,12-13H2,1-4H3;1H4. The van der Waals surface area contributed by atoms with Gasteiger partial charge in [-0.05, 0) is 179 Å². The molecule has 20 heteroatoms. The van der Waals surface area contributed by atoms with Crippen LogP contribution in [0.2, 0.25) is 0 Å². The van der Waals surface area contributed by atoms with Gasteiger partial charge in [0.15, 0.2) is 15.9 Å². The highest BCUT2D eigenvalue weighted by Crippen LogP contribution is 2.51. The molecule has 1 N–H and O–H groups in total. The summed E-state index contributed by atoms with van der Waals surface area (Å²) in [5, 5.41) is 21.3. The van der Waals surface area contributed by atoms with Gasteiger partial charge in [-0.15, -0.1) is 11.8 Å². The number of benzene rings is 9. The number of methoxy groups -OCH3 is 6. The Morgan fingerprint density at radius 1 is 0.439 bits per heavy atom. The van der Waals surface area contributed by atoms with Crippen LogP contribution in [0.25, 0.3) is 16.7 Å². The number of nitriles is 1. The van der Waals surface area contributed by atoms with E-state index in [0.29, 0.717) is 63.7 Å². The molecule has 0 spiro atoms. The van der Waals surface area contributed by atoms with Gasteiger partial charge in [-0.2, -0.15) is 5.26 Å². The fourth-order valence-electron chi connectivity index (χ4n) is 15.2. The Labute approximate surface area is 683 Å². The fourth-order valence-corrected chi connectivity index (χ4v) is 17.0. The monoisotopic (exact) mass is 1580 g/mol. The second-order valence-electron chi connectivity index (χ2n) is 29.3. The van der Waals surface area contributed by atoms with Crippen molar-refractivity contribution in [2.24, 2.45) is 0 Å². The molecule has 5 heterocycles. The summed E-state index contributed by atoms with van der Waals surface area (Å²) in [5.41, 5.74) is 14.0. The van der Waals surface area contributed by atoms with Crippen LogP contribution in [0.15, 0.2) is 222 Å². The number of halogens is 1. The summed E-state index contributed by atoms with van der Waals surface area (Å²) in [7, 11) is 10.2. The number of fused-ring (bicyclic) bond motifs is 5. The Morgan fingerprint density at radius 3 is 1.39 bits per heavy atom. The number of para-hydroxylation sites is 1. The van der Waals surface area contributed by atoms with Gasteiger partial charge in [0.05, 0.1) is 45.5 Å². The van der Waals surface area contributed by atoms with Crippen LogP contribution in [-0.4, -0.2) is 152 Å². The number of hydrogen-bond donors (Lipinski definition) is 1. The Hall–Kier alpha value is -9.69. The number of imidazole rings is 1. The molecule has 0 radical (unpaired) electrons. The SMILES string of the molecule is C.COCCCCN1CC(C)(COC)Sc2ccc(C)cc21.COCCCN1C(=O)C(C#N)(c2ccccc2)c2ccc(C)cc21.COCCCN1C(=O)C(Cl)(c2ccccc2)c2ccc(C)cc21.COCCCN1C(=O)C(O)(c2ccccc2)c2ccc(C)cc21.COCCCn1c(=O)n(-c2ccccc2)c2ccc(C)cc21. The van der Waals surface area contributed by atoms with Gasteiger partial charge in [0.1, 0.15) is 0 Å². The molecule has 10 aromatic rings. The van der Waals surface area contributed by atoms with E-state index in [1.165, 1.54) is 16.1 Å². The van der Waals surface area contributed by atoms with E-state index in [0.717, 1.165) is 143 Å². The van der Waals surface area contributed by atoms with E-state index in [1.807, 2.05) is 220 Å². The average molecular weight is 1580 g/mol. The molecule has 4 aliphatic rings. The van der Waals surface area contributed by atoms with Crippen molar-refractivity contribution < 1.29 is 47.9 Å². The predicted molar refractivity (Wildman–Crippen MR) is 462 cm³/mol. The lowest BCUT2D eigenvalue weighted by atomic mass is 9.76. The van der Waals surface area contributed by atoms with Crippen molar-refractivity contribution in [2.75, 3.05) is 135 Å². The molecular formula is C94H112ClN7O11S. The Balaban J connectivity index is 0.000000163. The highest BCUT2D eigenvalue weighted by molar-refractivity contribution is 8.01. The lowest BCUT2D eigenvalue weighted by Gasteiger charge is -2.42. The number of thioether (sulfide) groups is 1. The molecule has 4 atom stereocenters. The van der Waals surface area contributed by atoms with Crippen molar-refractivity contribution in [3.63, 3.8) is 0 Å². The number of aromatic nitrogens is 2. The molecule has 4 aliphatic heterocycles. The van der Waals surface area contributed by atoms with Crippen molar-refractivity contribution in [2.45, 2.75) is 120 Å². The maximum Gasteiger partial charge on any atom is 0.333 e. The summed E-state index contributed by atoms with van der Waals surface area (Å²) in [6.07, 6.45) is 5.32. The van der Waals surface area contributed by atoms with Crippen molar-refractivity contribution in [1.82, 2.24) is 9.13 Å². The Bertz CT molecular complexity index is 4820. The number of amides is 3. The number of hydrogen-bond acceptors (Lipinski definition) is 14. The first-order chi connectivity index (χ1) is 54.6. The minimum atomic E-state index is -1.61. The smallest absolute Gasteiger partial charge is 0.333 e. The van der Waals surface area contributed by atoms with Crippen LogP contribution in [0.3, 0.4) is 0 Å². The maximum atomic E-state index is 13.3. The number of nitrogens with zero attached hydrogens (tertiary/aromatic N) is 7. The topological polar surface area (TPSA) is 190 Å². The summed E-state index contributed by atoms with van der Waals surface area (Å²) in [4.78, 5) is 60.3. The average Bonchev–Trinajstić information content (AvgIpc) is 1.55. The molecule has 0 saturated carbocycles. The van der Waals surface area contributed by atoms with E-state index in [1.54, 1.807) is 74.1 Å². The molecule has 602 valence electrons. The minimum Gasteiger partial charge on any atom is -0.385 e. The number of anilines is 4. The van der Waals surface area contributed by atoms with Crippen LogP contribution in [0.1, 0.15) is 114 Å². The molecule has 3 amide bonds. The van der Waals surface area contributed by atoms with Crippen LogP contribution >= 0.6 is 23.4 Å². The van der Waals surface area contributed by atoms with Gasteiger partial charge < -0.3 is 53.1 Å². The molecule has 14 rings (SSSR count). The molecular weight excluding hydrogens is 1470 g/mol. The Morgan fingerprint density at radius 2 is 0.860 bits per heavy atom. The number of carbonyl (C=O) groups is 3. The largest absolute Gasteiger partial charge is 0.385 e. The van der Waals surface area contributed by atoms with E-state index in [2.05, 4.69) is 49.1 Å². The van der Waals surface area contributed by atoms with Crippen LogP contribution in [-0.2, 0) is 65.2 Å². The molecule has 4 unspecified atom stereocenters. The van der Waals surface area contributed by atoms with Gasteiger partial charge in [0, 0.05) is 148 Å². The molecule has 114 heavy (non-hydrogen) atoms. The summed E-state index contributed by atoms with van der Waals surface area (Å²) in [5.74, 6) is -0.546. The van der Waals surface area contributed by atoms with Crippen molar-refractivity contribution >= 4 is 74.9 Å². The predicted octanol–water partition coefficient (Wildman–Crippen LogP) is 17.2. The number of aliphatic hydroxyl groups is 1. The second-order valence-corrected chi connectivity index (χ2v) is 31.5. The van der Waals surface area contributed by atoms with Gasteiger partial charge in [-0.3, -0.25) is 23.5 Å². The van der Waals surface area contributed by atoms with Gasteiger partial charge in [0.25, 0.3) is 17.7 Å². The first-order valence-corrected chi connectivity index (χ1v) is 39.9. The van der Waals surface area contributed by atoms with Gasteiger partial charge in [-0.25, -0.2) is 4.79 Å². The first-order valence-electron chi connectivity index (χ1n) is 38.7. The number of aryl methyl sites for hydroxylation is 6. The third-order valence-corrected chi connectivity index (χ3v) is 22.6. The number of rotatable bonds is 27. The zero-order valence-electron chi connectivity index (χ0n) is 67.4. The summed E-state index contributed by atoms with van der Waals surface area (Å²) in [6, 6.07) is 70.6. The lowest BCUT2D eigenvalue weighted by Crippen LogP contribution is -2.45. The van der Waals surface area contributed by atoms with Gasteiger partial charge >= 0.3 is 5.69 Å². The number of alkyl halides is 1. The van der Waals surface area contributed by atoms with E-state index < -0.39 is 15.9 Å². The maximum absolute atomic E-state index is 13.3. The number of carbonyl (C=O) groups excluding carboxylic acids is 3. The van der Waals surface area contributed by atoms with Crippen LogP contribution in [0.5, 0.6) is 0 Å². The molecule has 1 aromatic heterocycles. The first kappa shape index (κ1) is 88.3. The zero-order chi connectivity index (χ0) is 80.9. The summed E-state index contributed by atoms with van der Waals surface area (Å²) < 4.78 is 34.8.